The molecule has 1 N–H and O–H groups in total. The smallest absolute Gasteiger partial charge is 0.234 e. The first-order valence-electron chi connectivity index (χ1n) is 8.25. The molecule has 1 rings (SSSR count). The molecule has 1 aliphatic rings. The van der Waals surface area contributed by atoms with Gasteiger partial charge in [0.05, 0.1) is 6.54 Å². The summed E-state index contributed by atoms with van der Waals surface area (Å²) in [6.07, 6.45) is 3.54. The Labute approximate surface area is 124 Å². The molecule has 1 aliphatic heterocycles. The van der Waals surface area contributed by atoms with Gasteiger partial charge in [-0.25, -0.2) is 0 Å². The Kier molecular flexibility index (Phi) is 8.15. The number of rotatable bonds is 8. The first kappa shape index (κ1) is 17.4. The molecule has 0 bridgehead atoms. The quantitative estimate of drug-likeness (QED) is 0.739. The monoisotopic (exact) mass is 283 g/mol. The zero-order valence-corrected chi connectivity index (χ0v) is 13.8. The van der Waals surface area contributed by atoms with Crippen LogP contribution in [0.25, 0.3) is 0 Å². The van der Waals surface area contributed by atoms with Gasteiger partial charge in [-0.2, -0.15) is 0 Å². The van der Waals surface area contributed by atoms with E-state index in [0.29, 0.717) is 12.6 Å². The lowest BCUT2D eigenvalue weighted by atomic mass is 10.0. The molecule has 0 radical (unpaired) electrons. The predicted octanol–water partition coefficient (Wildman–Crippen LogP) is 1.95. The van der Waals surface area contributed by atoms with Crippen molar-refractivity contribution in [3.8, 4) is 0 Å². The van der Waals surface area contributed by atoms with Crippen LogP contribution >= 0.6 is 0 Å². The first-order chi connectivity index (χ1) is 9.51. The van der Waals surface area contributed by atoms with Gasteiger partial charge in [0.1, 0.15) is 0 Å². The highest BCUT2D eigenvalue weighted by atomic mass is 16.2. The number of nitrogens with zero attached hydrogens (tertiary/aromatic N) is 2. The van der Waals surface area contributed by atoms with Crippen LogP contribution in [0.3, 0.4) is 0 Å². The van der Waals surface area contributed by atoms with Gasteiger partial charge in [-0.15, -0.1) is 0 Å². The molecule has 0 aliphatic carbocycles. The Morgan fingerprint density at radius 1 is 1.05 bits per heavy atom. The first-order valence-corrected chi connectivity index (χ1v) is 8.25. The number of amides is 1. The Morgan fingerprint density at radius 3 is 2.20 bits per heavy atom. The fourth-order valence-electron chi connectivity index (χ4n) is 2.69. The van der Waals surface area contributed by atoms with E-state index < -0.39 is 0 Å². The van der Waals surface area contributed by atoms with E-state index in [1.54, 1.807) is 0 Å². The Morgan fingerprint density at radius 2 is 1.65 bits per heavy atom. The van der Waals surface area contributed by atoms with Gasteiger partial charge < -0.3 is 10.2 Å². The highest BCUT2D eigenvalue weighted by molar-refractivity contribution is 5.78. The zero-order valence-electron chi connectivity index (χ0n) is 13.8. The van der Waals surface area contributed by atoms with Crippen molar-refractivity contribution in [3.63, 3.8) is 0 Å². The molecule has 1 saturated heterocycles. The van der Waals surface area contributed by atoms with Gasteiger partial charge in [0.15, 0.2) is 0 Å². The minimum atomic E-state index is 0.187. The molecule has 0 aromatic carbocycles. The zero-order chi connectivity index (χ0) is 15.0. The molecule has 4 nitrogen and oxygen atoms in total. The summed E-state index contributed by atoms with van der Waals surface area (Å²) >= 11 is 0. The second kappa shape index (κ2) is 9.35. The molecule has 1 unspecified atom stereocenters. The lowest BCUT2D eigenvalue weighted by molar-refractivity contribution is -0.123. The summed E-state index contributed by atoms with van der Waals surface area (Å²) in [6.45, 7) is 14.7. The molecule has 1 amide bonds. The minimum Gasteiger partial charge on any atom is -0.353 e. The Bertz CT molecular complexity index is 273. The lowest BCUT2D eigenvalue weighted by Crippen LogP contribution is -2.50. The van der Waals surface area contributed by atoms with Crippen LogP contribution in [0.15, 0.2) is 0 Å². The second-order valence-electron chi connectivity index (χ2n) is 6.50. The van der Waals surface area contributed by atoms with Crippen LogP contribution in [0.2, 0.25) is 0 Å². The average molecular weight is 283 g/mol. The molecule has 0 saturated carbocycles. The van der Waals surface area contributed by atoms with Crippen LogP contribution in [0.5, 0.6) is 0 Å². The number of nitrogens with one attached hydrogen (secondary N) is 1. The van der Waals surface area contributed by atoms with Crippen molar-refractivity contribution in [2.24, 2.45) is 5.92 Å². The van der Waals surface area contributed by atoms with E-state index in [-0.39, 0.29) is 5.91 Å². The molecule has 1 fully saturated rings. The summed E-state index contributed by atoms with van der Waals surface area (Å²) in [5.41, 5.74) is 0. The van der Waals surface area contributed by atoms with E-state index in [9.17, 15) is 4.79 Å². The predicted molar refractivity (Wildman–Crippen MR) is 84.8 cm³/mol. The summed E-state index contributed by atoms with van der Waals surface area (Å²) in [5, 5.41) is 3.13. The van der Waals surface area contributed by atoms with Crippen LogP contribution in [-0.2, 0) is 4.79 Å². The normalized spacial score (nSPS) is 19.2. The molecule has 1 atom stereocenters. The fourth-order valence-corrected chi connectivity index (χ4v) is 2.69. The topological polar surface area (TPSA) is 35.6 Å². The number of piperazine rings is 1. The summed E-state index contributed by atoms with van der Waals surface area (Å²) in [6, 6.07) is 0.304. The maximum atomic E-state index is 12.0. The number of carbonyl (C=O) groups excluding carboxylic acids is 1. The molecular formula is C16H33N3O. The van der Waals surface area contributed by atoms with E-state index >= 15 is 0 Å². The van der Waals surface area contributed by atoms with Crippen molar-refractivity contribution in [1.29, 1.82) is 0 Å². The van der Waals surface area contributed by atoms with E-state index in [2.05, 4.69) is 42.8 Å². The molecular weight excluding hydrogens is 250 g/mol. The molecule has 118 valence electrons. The van der Waals surface area contributed by atoms with E-state index in [0.717, 1.165) is 45.1 Å². The third-order valence-corrected chi connectivity index (χ3v) is 4.11. The van der Waals surface area contributed by atoms with Crippen molar-refractivity contribution in [2.45, 2.75) is 53.0 Å². The number of hydrogen-bond donors (Lipinski definition) is 1. The fraction of sp³-hybridized carbons (Fsp3) is 0.938. The lowest BCUT2D eigenvalue weighted by Gasteiger charge is -2.33. The van der Waals surface area contributed by atoms with Gasteiger partial charge in [0, 0.05) is 32.2 Å². The maximum Gasteiger partial charge on any atom is 0.234 e. The van der Waals surface area contributed by atoms with Crippen LogP contribution in [0, 0.1) is 5.92 Å². The van der Waals surface area contributed by atoms with Crippen molar-refractivity contribution >= 4 is 5.91 Å². The van der Waals surface area contributed by atoms with Gasteiger partial charge in [0.25, 0.3) is 0 Å². The molecule has 20 heavy (non-hydrogen) atoms. The average Bonchev–Trinajstić information content (AvgIpc) is 2.38. The van der Waals surface area contributed by atoms with Gasteiger partial charge in [-0.1, -0.05) is 33.6 Å². The van der Waals surface area contributed by atoms with Gasteiger partial charge >= 0.3 is 0 Å². The van der Waals surface area contributed by atoms with Gasteiger partial charge in [-0.3, -0.25) is 9.69 Å². The summed E-state index contributed by atoms with van der Waals surface area (Å²) in [5.74, 6) is 0.944. The molecule has 4 heteroatoms. The largest absolute Gasteiger partial charge is 0.353 e. The van der Waals surface area contributed by atoms with E-state index in [1.807, 2.05) is 0 Å². The Hall–Kier alpha value is -0.610. The third kappa shape index (κ3) is 7.25. The summed E-state index contributed by atoms with van der Waals surface area (Å²) in [4.78, 5) is 16.7. The summed E-state index contributed by atoms with van der Waals surface area (Å²) in [7, 11) is 0. The van der Waals surface area contributed by atoms with E-state index in [1.165, 1.54) is 12.8 Å². The molecule has 0 aromatic heterocycles. The van der Waals surface area contributed by atoms with Crippen molar-refractivity contribution in [2.75, 3.05) is 39.3 Å². The maximum absolute atomic E-state index is 12.0. The van der Waals surface area contributed by atoms with Crippen molar-refractivity contribution in [3.05, 3.63) is 0 Å². The van der Waals surface area contributed by atoms with Crippen LogP contribution in [-0.4, -0.2) is 61.0 Å². The van der Waals surface area contributed by atoms with Crippen molar-refractivity contribution in [1.82, 2.24) is 15.1 Å². The molecule has 1 heterocycles. The van der Waals surface area contributed by atoms with Crippen molar-refractivity contribution < 1.29 is 4.79 Å². The minimum absolute atomic E-state index is 0.187. The number of carbonyl (C=O) groups is 1. The van der Waals surface area contributed by atoms with E-state index in [4.69, 9.17) is 0 Å². The van der Waals surface area contributed by atoms with Crippen LogP contribution in [0.4, 0.5) is 0 Å². The standard InChI is InChI=1S/C16H33N3O/c1-5-18-9-11-19(12-10-18)13-16(20)17-15(4)8-6-7-14(2)3/h14-15H,5-13H2,1-4H3,(H,17,20). The van der Waals surface area contributed by atoms with Gasteiger partial charge in [0.2, 0.25) is 5.91 Å². The highest BCUT2D eigenvalue weighted by Gasteiger charge is 2.18. The Balaban J connectivity index is 2.13. The molecule has 0 aromatic rings. The summed E-state index contributed by atoms with van der Waals surface area (Å²) < 4.78 is 0. The third-order valence-electron chi connectivity index (χ3n) is 4.11. The second-order valence-corrected chi connectivity index (χ2v) is 6.50. The van der Waals surface area contributed by atoms with Crippen LogP contribution < -0.4 is 5.32 Å². The number of likely N-dealkylation sites (N-methyl/N-ethyl adjacent to an activating group) is 1. The number of hydrogen-bond acceptors (Lipinski definition) is 3. The van der Waals surface area contributed by atoms with Crippen LogP contribution in [0.1, 0.15) is 47.0 Å². The highest BCUT2D eigenvalue weighted by Crippen LogP contribution is 2.08. The SMILES string of the molecule is CCN1CCN(CC(=O)NC(C)CCCC(C)C)CC1. The molecule has 0 spiro atoms. The van der Waals surface area contributed by atoms with Gasteiger partial charge in [-0.05, 0) is 25.8 Å².